The molecule has 3 atom stereocenters. The van der Waals surface area contributed by atoms with Gasteiger partial charge in [-0.05, 0) is 55.3 Å². The van der Waals surface area contributed by atoms with Crippen molar-refractivity contribution in [1.82, 2.24) is 0 Å². The van der Waals surface area contributed by atoms with Crippen LogP contribution in [0.1, 0.15) is 52.4 Å². The number of aliphatic carboxylic acids is 1. The summed E-state index contributed by atoms with van der Waals surface area (Å²) in [6.07, 6.45) is 6.73. The van der Waals surface area contributed by atoms with Gasteiger partial charge in [-0.1, -0.05) is 20.3 Å². The highest BCUT2D eigenvalue weighted by Gasteiger charge is 2.62. The Kier molecular flexibility index (Phi) is 2.01. The van der Waals surface area contributed by atoms with Crippen LogP contribution in [0.2, 0.25) is 0 Å². The third-order valence-electron chi connectivity index (χ3n) is 6.24. The van der Waals surface area contributed by atoms with E-state index in [0.717, 1.165) is 25.2 Å². The summed E-state index contributed by atoms with van der Waals surface area (Å²) in [5.41, 5.74) is 0.0916. The van der Waals surface area contributed by atoms with Gasteiger partial charge in [0.2, 0.25) is 0 Å². The predicted octanol–water partition coefficient (Wildman–Crippen LogP) is 3.31. The molecule has 0 aliphatic heterocycles. The fourth-order valence-electron chi connectivity index (χ4n) is 4.77. The van der Waals surface area contributed by atoms with Crippen LogP contribution in [0.4, 0.5) is 0 Å². The van der Waals surface area contributed by atoms with Crippen LogP contribution in [0.25, 0.3) is 0 Å². The molecule has 2 bridgehead atoms. The van der Waals surface area contributed by atoms with Gasteiger partial charge in [-0.15, -0.1) is 0 Å². The lowest BCUT2D eigenvalue weighted by Crippen LogP contribution is -2.59. The second-order valence-corrected chi connectivity index (χ2v) is 6.86. The second kappa shape index (κ2) is 3.02. The SMILES string of the molecule is CC1(C)[C@H]2CCC(C3(C(=O)O)CCC3)[C@@H]1C2. The van der Waals surface area contributed by atoms with Gasteiger partial charge in [0.15, 0.2) is 0 Å². The van der Waals surface area contributed by atoms with Crippen molar-refractivity contribution in [2.75, 3.05) is 0 Å². The van der Waals surface area contributed by atoms with E-state index in [-0.39, 0.29) is 5.41 Å². The van der Waals surface area contributed by atoms with Crippen molar-refractivity contribution in [2.45, 2.75) is 52.4 Å². The zero-order valence-corrected chi connectivity index (χ0v) is 10.3. The highest BCUT2D eigenvalue weighted by atomic mass is 16.4. The molecule has 4 fully saturated rings. The lowest BCUT2D eigenvalue weighted by Gasteiger charge is -2.64. The van der Waals surface area contributed by atoms with Crippen LogP contribution in [0, 0.1) is 28.6 Å². The van der Waals surface area contributed by atoms with Gasteiger partial charge in [0.05, 0.1) is 5.41 Å². The average Bonchev–Trinajstić information content (AvgIpc) is 2.15. The van der Waals surface area contributed by atoms with Crippen molar-refractivity contribution in [2.24, 2.45) is 28.6 Å². The van der Waals surface area contributed by atoms with E-state index < -0.39 is 5.97 Å². The number of rotatable bonds is 2. The Balaban J connectivity index is 1.87. The first-order valence-corrected chi connectivity index (χ1v) is 6.72. The molecule has 4 aliphatic carbocycles. The summed E-state index contributed by atoms with van der Waals surface area (Å²) in [6, 6.07) is 0. The van der Waals surface area contributed by atoms with Gasteiger partial charge >= 0.3 is 5.97 Å². The van der Waals surface area contributed by atoms with Crippen molar-refractivity contribution in [1.29, 1.82) is 0 Å². The zero-order valence-electron chi connectivity index (χ0n) is 10.3. The lowest BCUT2D eigenvalue weighted by molar-refractivity contribution is -0.189. The number of carboxylic acids is 1. The first kappa shape index (κ1) is 10.6. The van der Waals surface area contributed by atoms with Gasteiger partial charge in [0, 0.05) is 0 Å². The third kappa shape index (κ3) is 1.06. The zero-order chi connectivity index (χ0) is 11.6. The van der Waals surface area contributed by atoms with Crippen molar-refractivity contribution in [3.8, 4) is 0 Å². The second-order valence-electron chi connectivity index (χ2n) is 6.86. The summed E-state index contributed by atoms with van der Waals surface area (Å²) in [4.78, 5) is 11.6. The molecular formula is C14H22O2. The topological polar surface area (TPSA) is 37.3 Å². The molecule has 4 saturated carbocycles. The van der Waals surface area contributed by atoms with Gasteiger partial charge in [-0.3, -0.25) is 4.79 Å². The van der Waals surface area contributed by atoms with Crippen LogP contribution in [-0.2, 0) is 4.79 Å². The Morgan fingerprint density at radius 1 is 1.19 bits per heavy atom. The molecule has 0 spiro atoms. The summed E-state index contributed by atoms with van der Waals surface area (Å²) in [5.74, 6) is 1.52. The van der Waals surface area contributed by atoms with Crippen molar-refractivity contribution in [3.05, 3.63) is 0 Å². The van der Waals surface area contributed by atoms with Crippen LogP contribution >= 0.6 is 0 Å². The van der Waals surface area contributed by atoms with Gasteiger partial charge < -0.3 is 5.11 Å². The number of hydrogen-bond donors (Lipinski definition) is 1. The van der Waals surface area contributed by atoms with E-state index in [1.807, 2.05) is 0 Å². The summed E-state index contributed by atoms with van der Waals surface area (Å²) in [6.45, 7) is 4.71. The van der Waals surface area contributed by atoms with Crippen molar-refractivity contribution in [3.63, 3.8) is 0 Å². The monoisotopic (exact) mass is 222 g/mol. The van der Waals surface area contributed by atoms with Gasteiger partial charge in [-0.2, -0.15) is 0 Å². The molecule has 0 heterocycles. The third-order valence-corrected chi connectivity index (χ3v) is 6.24. The van der Waals surface area contributed by atoms with E-state index in [2.05, 4.69) is 13.8 Å². The van der Waals surface area contributed by atoms with Gasteiger partial charge in [0.1, 0.15) is 0 Å². The summed E-state index contributed by atoms with van der Waals surface area (Å²) < 4.78 is 0. The summed E-state index contributed by atoms with van der Waals surface area (Å²) in [7, 11) is 0. The van der Waals surface area contributed by atoms with E-state index in [0.29, 0.717) is 17.3 Å². The molecule has 16 heavy (non-hydrogen) atoms. The molecule has 1 N–H and O–H groups in total. The van der Waals surface area contributed by atoms with Crippen molar-refractivity contribution < 1.29 is 9.90 Å². The molecule has 1 unspecified atom stereocenters. The Bertz CT molecular complexity index is 326. The Morgan fingerprint density at radius 2 is 1.88 bits per heavy atom. The van der Waals surface area contributed by atoms with Crippen LogP contribution in [0.15, 0.2) is 0 Å². The molecule has 2 heteroatoms. The maximum Gasteiger partial charge on any atom is 0.309 e. The molecule has 0 aromatic heterocycles. The summed E-state index contributed by atoms with van der Waals surface area (Å²) in [5, 5.41) is 9.54. The quantitative estimate of drug-likeness (QED) is 0.778. The van der Waals surface area contributed by atoms with Crippen molar-refractivity contribution >= 4 is 5.97 Å². The van der Waals surface area contributed by atoms with Gasteiger partial charge in [0.25, 0.3) is 0 Å². The van der Waals surface area contributed by atoms with E-state index in [1.165, 1.54) is 19.3 Å². The minimum absolute atomic E-state index is 0.326. The molecule has 4 rings (SSSR count). The number of fused-ring (bicyclic) bond motifs is 2. The van der Waals surface area contributed by atoms with Gasteiger partial charge in [-0.25, -0.2) is 0 Å². The molecule has 0 radical (unpaired) electrons. The summed E-state index contributed by atoms with van der Waals surface area (Å²) >= 11 is 0. The molecule has 2 nitrogen and oxygen atoms in total. The molecule has 0 aromatic carbocycles. The number of hydrogen-bond acceptors (Lipinski definition) is 1. The van der Waals surface area contributed by atoms with Crippen LogP contribution in [0.3, 0.4) is 0 Å². The average molecular weight is 222 g/mol. The number of carbonyl (C=O) groups is 1. The first-order chi connectivity index (χ1) is 7.48. The maximum atomic E-state index is 11.6. The standard InChI is InChI=1S/C14H22O2/c1-13(2)9-4-5-10(11(13)8-9)14(12(15)16)6-3-7-14/h9-11H,3-8H2,1-2H3,(H,15,16)/t9-,10?,11-/m0/s1. The first-order valence-electron chi connectivity index (χ1n) is 6.72. The van der Waals surface area contributed by atoms with Crippen LogP contribution in [0.5, 0.6) is 0 Å². The predicted molar refractivity (Wildman–Crippen MR) is 62.0 cm³/mol. The largest absolute Gasteiger partial charge is 0.481 e. The normalized spacial score (nSPS) is 43.0. The minimum atomic E-state index is -0.509. The Morgan fingerprint density at radius 3 is 2.25 bits per heavy atom. The maximum absolute atomic E-state index is 11.6. The molecule has 0 aromatic rings. The molecule has 90 valence electrons. The minimum Gasteiger partial charge on any atom is -0.481 e. The number of carboxylic acid groups (broad SMARTS) is 1. The Hall–Kier alpha value is -0.530. The van der Waals surface area contributed by atoms with E-state index in [9.17, 15) is 9.90 Å². The fraction of sp³-hybridized carbons (Fsp3) is 0.929. The fourth-order valence-corrected chi connectivity index (χ4v) is 4.77. The van der Waals surface area contributed by atoms with Crippen LogP contribution in [-0.4, -0.2) is 11.1 Å². The molecule has 0 amide bonds. The van der Waals surface area contributed by atoms with E-state index >= 15 is 0 Å². The molecular weight excluding hydrogens is 200 g/mol. The lowest BCUT2D eigenvalue weighted by atomic mass is 9.40. The van der Waals surface area contributed by atoms with E-state index in [1.54, 1.807) is 0 Å². The van der Waals surface area contributed by atoms with E-state index in [4.69, 9.17) is 0 Å². The highest BCUT2D eigenvalue weighted by molar-refractivity contribution is 5.76. The highest BCUT2D eigenvalue weighted by Crippen LogP contribution is 2.67. The smallest absolute Gasteiger partial charge is 0.309 e. The molecule has 0 saturated heterocycles. The molecule has 4 aliphatic rings. The van der Waals surface area contributed by atoms with Crippen LogP contribution < -0.4 is 0 Å². The Labute approximate surface area is 97.4 Å².